The average Bonchev–Trinajstić information content (AvgIpc) is 2.36. The average molecular weight is 410 g/mol. The van der Waals surface area contributed by atoms with E-state index in [1.165, 1.54) is 11.8 Å². The van der Waals surface area contributed by atoms with Crippen molar-refractivity contribution in [3.63, 3.8) is 0 Å². The number of fused-ring (bicyclic) bond motifs is 1. The van der Waals surface area contributed by atoms with Gasteiger partial charge in [0.1, 0.15) is 11.0 Å². The molecule has 0 fully saturated rings. The van der Waals surface area contributed by atoms with E-state index in [1.54, 1.807) is 7.05 Å². The number of hydrogen-bond donors (Lipinski definition) is 1. The minimum atomic E-state index is -0.398. The number of nitro groups is 1. The number of hydrogen-bond acceptors (Lipinski definition) is 5. The topological polar surface area (TPSA) is 64.4 Å². The van der Waals surface area contributed by atoms with Gasteiger partial charge in [0, 0.05) is 17.1 Å². The maximum Gasteiger partial charge on any atom is 0.323 e. The van der Waals surface area contributed by atoms with Gasteiger partial charge in [0.05, 0.1) is 9.40 Å². The number of benzene rings is 1. The van der Waals surface area contributed by atoms with Gasteiger partial charge in [-0.1, -0.05) is 15.9 Å². The van der Waals surface area contributed by atoms with E-state index in [-0.39, 0.29) is 16.8 Å². The van der Waals surface area contributed by atoms with Gasteiger partial charge < -0.3 is 10.1 Å². The van der Waals surface area contributed by atoms with Crippen LogP contribution in [0.2, 0.25) is 0 Å². The van der Waals surface area contributed by atoms with E-state index in [9.17, 15) is 10.1 Å². The van der Waals surface area contributed by atoms with Crippen molar-refractivity contribution in [1.82, 2.24) is 5.32 Å². The quantitative estimate of drug-likeness (QED) is 0.609. The first-order valence-electron chi connectivity index (χ1n) is 5.25. The molecule has 1 aliphatic rings. The molecule has 0 saturated carbocycles. The number of rotatable bonds is 3. The number of nitrogens with one attached hydrogen (secondary N) is 1. The van der Waals surface area contributed by atoms with E-state index in [0.717, 1.165) is 14.5 Å². The fourth-order valence-electron chi connectivity index (χ4n) is 1.90. The molecule has 1 atom stereocenters. The third-order valence-corrected chi connectivity index (χ3v) is 4.66. The van der Waals surface area contributed by atoms with Gasteiger partial charge >= 0.3 is 5.70 Å². The van der Waals surface area contributed by atoms with E-state index in [0.29, 0.717) is 5.75 Å². The van der Waals surface area contributed by atoms with Crippen LogP contribution in [0.4, 0.5) is 0 Å². The molecule has 1 heterocycles. The molecule has 1 aromatic carbocycles. The Hall–Kier alpha value is -0.730. The Labute approximate surface area is 131 Å². The van der Waals surface area contributed by atoms with Crippen LogP contribution < -0.4 is 10.1 Å². The largest absolute Gasteiger partial charge is 0.434 e. The summed E-state index contributed by atoms with van der Waals surface area (Å²) in [5.74, 6) is 0.789. The molecule has 0 aliphatic carbocycles. The Morgan fingerprint density at radius 2 is 2.16 bits per heavy atom. The monoisotopic (exact) mass is 408 g/mol. The maximum atomic E-state index is 11.3. The molecule has 5 nitrogen and oxygen atoms in total. The second-order valence-corrected chi connectivity index (χ2v) is 6.46. The summed E-state index contributed by atoms with van der Waals surface area (Å²) in [6.45, 7) is 0. The number of halogens is 2. The van der Waals surface area contributed by atoms with Crippen LogP contribution in [0.1, 0.15) is 10.8 Å². The Morgan fingerprint density at radius 3 is 2.68 bits per heavy atom. The fourth-order valence-corrected chi connectivity index (χ4v) is 4.08. The van der Waals surface area contributed by atoms with Crippen molar-refractivity contribution in [3.8, 4) is 5.75 Å². The zero-order chi connectivity index (χ0) is 14.2. The first kappa shape index (κ1) is 14.7. The minimum absolute atomic E-state index is 0.0347. The van der Waals surface area contributed by atoms with Gasteiger partial charge in [-0.2, -0.15) is 0 Å². The van der Waals surface area contributed by atoms with Crippen LogP contribution >= 0.6 is 43.6 Å². The zero-order valence-electron chi connectivity index (χ0n) is 10.1. The summed E-state index contributed by atoms with van der Waals surface area (Å²) in [7, 11) is 1.61. The smallest absolute Gasteiger partial charge is 0.323 e. The molecular formula is C11H10Br2N2O3S. The van der Waals surface area contributed by atoms with Gasteiger partial charge in [-0.3, -0.25) is 10.1 Å². The normalized spacial score (nSPS) is 17.8. The molecule has 0 spiro atoms. The second kappa shape index (κ2) is 5.72. The Morgan fingerprint density at radius 1 is 1.47 bits per heavy atom. The molecule has 0 bridgehead atoms. The Balaban J connectivity index is 2.66. The predicted octanol–water partition coefficient (Wildman–Crippen LogP) is 3.67. The Kier molecular flexibility index (Phi) is 4.42. The summed E-state index contributed by atoms with van der Waals surface area (Å²) < 4.78 is 7.22. The van der Waals surface area contributed by atoms with Gasteiger partial charge in [-0.25, -0.2) is 0 Å². The molecule has 1 aliphatic heterocycles. The van der Waals surface area contributed by atoms with Crippen LogP contribution in [0.5, 0.6) is 5.75 Å². The van der Waals surface area contributed by atoms with Crippen LogP contribution in [-0.4, -0.2) is 18.2 Å². The van der Waals surface area contributed by atoms with E-state index in [2.05, 4.69) is 37.2 Å². The highest BCUT2D eigenvalue weighted by atomic mass is 79.9. The molecule has 8 heteroatoms. The summed E-state index contributed by atoms with van der Waals surface area (Å²) in [4.78, 5) is 10.9. The summed E-state index contributed by atoms with van der Waals surface area (Å²) in [5, 5.41) is 13.6. The molecule has 1 unspecified atom stereocenters. The number of thioether (sulfide) groups is 1. The lowest BCUT2D eigenvalue weighted by atomic mass is 10.1. The number of ether oxygens (including phenoxy) is 1. The molecule has 102 valence electrons. The molecule has 0 aromatic heterocycles. The molecule has 0 saturated heterocycles. The van der Waals surface area contributed by atoms with Crippen molar-refractivity contribution < 1.29 is 9.66 Å². The predicted molar refractivity (Wildman–Crippen MR) is 81.8 cm³/mol. The third kappa shape index (κ3) is 2.61. The van der Waals surface area contributed by atoms with Gasteiger partial charge in [0.25, 0.3) is 5.88 Å². The lowest BCUT2D eigenvalue weighted by molar-refractivity contribution is -0.431. The van der Waals surface area contributed by atoms with Crippen molar-refractivity contribution in [2.24, 2.45) is 0 Å². The van der Waals surface area contributed by atoms with Gasteiger partial charge in [-0.05, 0) is 34.3 Å². The fraction of sp³-hybridized carbons (Fsp3) is 0.273. The molecule has 0 amide bonds. The SMILES string of the molecule is CNC1=C([N+](=O)[O-])C(SC)c2cc(Br)cc(Br)c2O1. The van der Waals surface area contributed by atoms with Crippen LogP contribution in [0.3, 0.4) is 0 Å². The van der Waals surface area contributed by atoms with Crippen molar-refractivity contribution in [2.75, 3.05) is 13.3 Å². The molecule has 1 aromatic rings. The maximum absolute atomic E-state index is 11.3. The van der Waals surface area contributed by atoms with E-state index < -0.39 is 4.92 Å². The van der Waals surface area contributed by atoms with Crippen molar-refractivity contribution in [3.05, 3.63) is 48.3 Å². The van der Waals surface area contributed by atoms with Crippen molar-refractivity contribution in [1.29, 1.82) is 0 Å². The highest BCUT2D eigenvalue weighted by Crippen LogP contribution is 2.48. The summed E-state index contributed by atoms with van der Waals surface area (Å²) in [6.07, 6.45) is 1.84. The van der Waals surface area contributed by atoms with Gasteiger partial charge in [0.2, 0.25) is 0 Å². The highest BCUT2D eigenvalue weighted by molar-refractivity contribution is 9.11. The lowest BCUT2D eigenvalue weighted by Gasteiger charge is -2.25. The summed E-state index contributed by atoms with van der Waals surface area (Å²) >= 11 is 8.21. The molecule has 1 N–H and O–H groups in total. The van der Waals surface area contributed by atoms with Crippen LogP contribution in [-0.2, 0) is 0 Å². The van der Waals surface area contributed by atoms with Crippen LogP contribution in [0.25, 0.3) is 0 Å². The Bertz CT molecular complexity index is 577. The molecule has 0 radical (unpaired) electrons. The molecular weight excluding hydrogens is 400 g/mol. The van der Waals surface area contributed by atoms with Crippen molar-refractivity contribution in [2.45, 2.75) is 5.25 Å². The molecule has 19 heavy (non-hydrogen) atoms. The van der Waals surface area contributed by atoms with E-state index >= 15 is 0 Å². The number of nitrogens with zero attached hydrogens (tertiary/aromatic N) is 1. The second-order valence-electron chi connectivity index (χ2n) is 3.75. The van der Waals surface area contributed by atoms with Crippen molar-refractivity contribution >= 4 is 43.6 Å². The van der Waals surface area contributed by atoms with Crippen LogP contribution in [0.15, 0.2) is 32.7 Å². The first-order chi connectivity index (χ1) is 8.99. The zero-order valence-corrected chi connectivity index (χ0v) is 14.1. The summed E-state index contributed by atoms with van der Waals surface area (Å²) in [6, 6.07) is 3.69. The highest BCUT2D eigenvalue weighted by Gasteiger charge is 2.38. The van der Waals surface area contributed by atoms with E-state index in [4.69, 9.17) is 4.74 Å². The molecule has 2 rings (SSSR count). The third-order valence-electron chi connectivity index (χ3n) is 2.66. The lowest BCUT2D eigenvalue weighted by Crippen LogP contribution is -2.26. The summed E-state index contributed by atoms with van der Waals surface area (Å²) in [5.41, 5.74) is 0.812. The minimum Gasteiger partial charge on any atom is -0.434 e. The van der Waals surface area contributed by atoms with Crippen LogP contribution in [0, 0.1) is 10.1 Å². The first-order valence-corrected chi connectivity index (χ1v) is 8.12. The van der Waals surface area contributed by atoms with Gasteiger partial charge in [-0.15, -0.1) is 11.8 Å². The standard InChI is InChI=1S/C11H10Br2N2O3S/c1-14-11-8(15(16)17)10(19-2)6-3-5(12)4-7(13)9(6)18-11/h3-4,10,14H,1-2H3. The van der Waals surface area contributed by atoms with Gasteiger partial charge in [0.15, 0.2) is 0 Å². The van der Waals surface area contributed by atoms with E-state index in [1.807, 2.05) is 18.4 Å².